The van der Waals surface area contributed by atoms with Crippen LogP contribution in [-0.2, 0) is 6.54 Å². The molecule has 1 aromatic heterocycles. The molecule has 2 rings (SSSR count). The fraction of sp³-hybridized carbons (Fsp3) is 0.727. The SMILES string of the molecule is CN(Cc1cscn1)C1CCCC(N)C1. The highest BCUT2D eigenvalue weighted by molar-refractivity contribution is 7.07. The van der Waals surface area contributed by atoms with E-state index in [4.69, 9.17) is 5.73 Å². The van der Waals surface area contributed by atoms with Crippen LogP contribution in [0.4, 0.5) is 0 Å². The van der Waals surface area contributed by atoms with Crippen LogP contribution >= 0.6 is 11.3 Å². The van der Waals surface area contributed by atoms with Gasteiger partial charge in [-0.2, -0.15) is 0 Å². The van der Waals surface area contributed by atoms with Crippen LogP contribution in [0.1, 0.15) is 31.4 Å². The van der Waals surface area contributed by atoms with Crippen LogP contribution in [-0.4, -0.2) is 29.0 Å². The Hall–Kier alpha value is -0.450. The summed E-state index contributed by atoms with van der Waals surface area (Å²) >= 11 is 1.67. The topological polar surface area (TPSA) is 42.2 Å². The van der Waals surface area contributed by atoms with E-state index in [-0.39, 0.29) is 0 Å². The zero-order valence-corrected chi connectivity index (χ0v) is 10.0. The second kappa shape index (κ2) is 5.05. The van der Waals surface area contributed by atoms with Crippen LogP contribution in [0.15, 0.2) is 10.9 Å². The predicted molar refractivity (Wildman–Crippen MR) is 63.8 cm³/mol. The lowest BCUT2D eigenvalue weighted by atomic mass is 9.91. The minimum absolute atomic E-state index is 0.404. The van der Waals surface area contributed by atoms with E-state index in [1.165, 1.54) is 25.0 Å². The molecule has 0 saturated heterocycles. The van der Waals surface area contributed by atoms with Crippen molar-refractivity contribution in [3.8, 4) is 0 Å². The molecule has 1 saturated carbocycles. The number of nitrogens with two attached hydrogens (primary N) is 1. The molecule has 1 aliphatic carbocycles. The fourth-order valence-corrected chi connectivity index (χ4v) is 2.85. The maximum atomic E-state index is 6.00. The molecule has 0 aliphatic heterocycles. The summed E-state index contributed by atoms with van der Waals surface area (Å²) in [5.41, 5.74) is 9.08. The second-order valence-electron chi connectivity index (χ2n) is 4.48. The van der Waals surface area contributed by atoms with Gasteiger partial charge < -0.3 is 5.73 Å². The lowest BCUT2D eigenvalue weighted by Gasteiger charge is -2.33. The summed E-state index contributed by atoms with van der Waals surface area (Å²) in [5, 5.41) is 2.12. The lowest BCUT2D eigenvalue weighted by Crippen LogP contribution is -2.40. The smallest absolute Gasteiger partial charge is 0.0795 e. The van der Waals surface area contributed by atoms with Crippen molar-refractivity contribution in [3.05, 3.63) is 16.6 Å². The number of thiazole rings is 1. The number of nitrogens with zero attached hydrogens (tertiary/aromatic N) is 2. The average molecular weight is 225 g/mol. The summed E-state index contributed by atoms with van der Waals surface area (Å²) in [4.78, 5) is 6.71. The van der Waals surface area contributed by atoms with Gasteiger partial charge in [-0.25, -0.2) is 4.98 Å². The van der Waals surface area contributed by atoms with Crippen LogP contribution in [0.3, 0.4) is 0 Å². The first-order valence-electron chi connectivity index (χ1n) is 5.58. The van der Waals surface area contributed by atoms with E-state index in [0.717, 1.165) is 13.0 Å². The van der Waals surface area contributed by atoms with Crippen molar-refractivity contribution in [2.45, 2.75) is 44.3 Å². The zero-order valence-electron chi connectivity index (χ0n) is 9.22. The van der Waals surface area contributed by atoms with E-state index in [0.29, 0.717) is 12.1 Å². The summed E-state index contributed by atoms with van der Waals surface area (Å²) in [6, 6.07) is 1.05. The van der Waals surface area contributed by atoms with Gasteiger partial charge in [-0.3, -0.25) is 4.90 Å². The third kappa shape index (κ3) is 3.00. The third-order valence-corrected chi connectivity index (χ3v) is 3.84. The van der Waals surface area contributed by atoms with Crippen molar-refractivity contribution >= 4 is 11.3 Å². The van der Waals surface area contributed by atoms with E-state index in [1.807, 2.05) is 5.51 Å². The minimum atomic E-state index is 0.404. The van der Waals surface area contributed by atoms with Crippen molar-refractivity contribution in [2.24, 2.45) is 5.73 Å². The number of hydrogen-bond donors (Lipinski definition) is 1. The van der Waals surface area contributed by atoms with Gasteiger partial charge in [0.25, 0.3) is 0 Å². The molecule has 0 aromatic carbocycles. The molecule has 1 aromatic rings. The monoisotopic (exact) mass is 225 g/mol. The standard InChI is InChI=1S/C11H19N3S/c1-14(6-10-7-15-8-13-10)11-4-2-3-9(12)5-11/h7-9,11H,2-6,12H2,1H3. The molecule has 4 heteroatoms. The maximum Gasteiger partial charge on any atom is 0.0795 e. The van der Waals surface area contributed by atoms with Crippen LogP contribution in [0.5, 0.6) is 0 Å². The summed E-state index contributed by atoms with van der Waals surface area (Å²) in [6.45, 7) is 0.959. The molecule has 2 N–H and O–H groups in total. The number of aromatic nitrogens is 1. The molecule has 0 radical (unpaired) electrons. The Balaban J connectivity index is 1.87. The van der Waals surface area contributed by atoms with Gasteiger partial charge in [-0.1, -0.05) is 6.42 Å². The Morgan fingerprint density at radius 1 is 1.60 bits per heavy atom. The Morgan fingerprint density at radius 3 is 3.13 bits per heavy atom. The van der Waals surface area contributed by atoms with E-state index in [9.17, 15) is 0 Å². The van der Waals surface area contributed by atoms with Crippen molar-refractivity contribution in [3.63, 3.8) is 0 Å². The normalized spacial score (nSPS) is 27.1. The van der Waals surface area contributed by atoms with Gasteiger partial charge in [0.1, 0.15) is 0 Å². The van der Waals surface area contributed by atoms with Gasteiger partial charge in [-0.15, -0.1) is 11.3 Å². The van der Waals surface area contributed by atoms with Crippen LogP contribution in [0.2, 0.25) is 0 Å². The first-order valence-corrected chi connectivity index (χ1v) is 6.53. The van der Waals surface area contributed by atoms with E-state index in [1.54, 1.807) is 11.3 Å². The summed E-state index contributed by atoms with van der Waals surface area (Å²) < 4.78 is 0. The van der Waals surface area contributed by atoms with Crippen LogP contribution < -0.4 is 5.73 Å². The van der Waals surface area contributed by atoms with Gasteiger partial charge in [0.15, 0.2) is 0 Å². The molecule has 0 bridgehead atoms. The minimum Gasteiger partial charge on any atom is -0.328 e. The quantitative estimate of drug-likeness (QED) is 0.853. The molecular weight excluding hydrogens is 206 g/mol. The number of hydrogen-bond acceptors (Lipinski definition) is 4. The Morgan fingerprint density at radius 2 is 2.47 bits per heavy atom. The molecule has 1 fully saturated rings. The van der Waals surface area contributed by atoms with Crippen molar-refractivity contribution < 1.29 is 0 Å². The molecule has 3 nitrogen and oxygen atoms in total. The number of rotatable bonds is 3. The molecule has 1 aliphatic rings. The molecule has 15 heavy (non-hydrogen) atoms. The van der Waals surface area contributed by atoms with Gasteiger partial charge >= 0.3 is 0 Å². The van der Waals surface area contributed by atoms with Gasteiger partial charge in [0, 0.05) is 24.0 Å². The van der Waals surface area contributed by atoms with Gasteiger partial charge in [0.05, 0.1) is 11.2 Å². The van der Waals surface area contributed by atoms with Crippen molar-refractivity contribution in [1.82, 2.24) is 9.88 Å². The Bertz CT molecular complexity index is 286. The van der Waals surface area contributed by atoms with E-state index < -0.39 is 0 Å². The van der Waals surface area contributed by atoms with Crippen molar-refractivity contribution in [1.29, 1.82) is 0 Å². The average Bonchev–Trinajstić information content (AvgIpc) is 2.70. The van der Waals surface area contributed by atoms with Gasteiger partial charge in [-0.05, 0) is 26.3 Å². The molecule has 0 amide bonds. The largest absolute Gasteiger partial charge is 0.328 e. The molecule has 0 spiro atoms. The molecule has 84 valence electrons. The predicted octanol–water partition coefficient (Wildman–Crippen LogP) is 1.84. The molecule has 2 atom stereocenters. The Labute approximate surface area is 95.3 Å². The van der Waals surface area contributed by atoms with Crippen molar-refractivity contribution in [2.75, 3.05) is 7.05 Å². The first kappa shape index (κ1) is 11.0. The van der Waals surface area contributed by atoms with Gasteiger partial charge in [0.2, 0.25) is 0 Å². The zero-order chi connectivity index (χ0) is 10.7. The summed E-state index contributed by atoms with van der Waals surface area (Å²) in [6.07, 6.45) is 4.89. The third-order valence-electron chi connectivity index (χ3n) is 3.21. The fourth-order valence-electron chi connectivity index (χ4n) is 2.30. The summed E-state index contributed by atoms with van der Waals surface area (Å²) in [5.74, 6) is 0. The highest BCUT2D eigenvalue weighted by atomic mass is 32.1. The maximum absolute atomic E-state index is 6.00. The first-order chi connectivity index (χ1) is 7.25. The summed E-state index contributed by atoms with van der Waals surface area (Å²) in [7, 11) is 2.18. The Kier molecular flexibility index (Phi) is 3.72. The van der Waals surface area contributed by atoms with E-state index >= 15 is 0 Å². The van der Waals surface area contributed by atoms with Crippen LogP contribution in [0.25, 0.3) is 0 Å². The molecule has 1 heterocycles. The molecular formula is C11H19N3S. The highest BCUT2D eigenvalue weighted by Gasteiger charge is 2.22. The highest BCUT2D eigenvalue weighted by Crippen LogP contribution is 2.22. The lowest BCUT2D eigenvalue weighted by molar-refractivity contribution is 0.172. The molecule has 2 unspecified atom stereocenters. The van der Waals surface area contributed by atoms with Crippen LogP contribution in [0, 0.1) is 0 Å². The van der Waals surface area contributed by atoms with E-state index in [2.05, 4.69) is 22.3 Å². The second-order valence-corrected chi connectivity index (χ2v) is 5.19.